The van der Waals surface area contributed by atoms with Crippen LogP contribution in [0, 0.1) is 5.82 Å². The maximum Gasteiger partial charge on any atom is 0.416 e. The molecule has 0 bridgehead atoms. The minimum Gasteiger partial charge on any atom is -0.310 e. The lowest BCUT2D eigenvalue weighted by Crippen LogP contribution is -2.28. The van der Waals surface area contributed by atoms with Crippen LogP contribution in [-0.4, -0.2) is 6.54 Å². The number of hydrogen-bond donors (Lipinski definition) is 1. The molecule has 1 aromatic carbocycles. The van der Waals surface area contributed by atoms with Gasteiger partial charge in [0, 0.05) is 6.04 Å². The molecule has 0 amide bonds. The van der Waals surface area contributed by atoms with Crippen molar-refractivity contribution in [1.82, 2.24) is 5.32 Å². The predicted octanol–water partition coefficient (Wildman–Crippen LogP) is 3.66. The summed E-state index contributed by atoms with van der Waals surface area (Å²) in [5.74, 6) is -0.850. The number of hydrogen-bond acceptors (Lipinski definition) is 1. The molecule has 1 fully saturated rings. The molecule has 1 nitrogen and oxygen atoms in total. The molecular weight excluding hydrogens is 234 g/mol. The van der Waals surface area contributed by atoms with E-state index in [-0.39, 0.29) is 11.6 Å². The number of rotatable bonds is 1. The first kappa shape index (κ1) is 12.4. The van der Waals surface area contributed by atoms with Gasteiger partial charge in [-0.15, -0.1) is 0 Å². The lowest BCUT2D eigenvalue weighted by molar-refractivity contribution is -0.138. The van der Waals surface area contributed by atoms with E-state index in [0.29, 0.717) is 19.0 Å². The maximum atomic E-state index is 12.9. The van der Waals surface area contributed by atoms with E-state index < -0.39 is 17.6 Å². The van der Waals surface area contributed by atoms with Crippen molar-refractivity contribution in [2.45, 2.75) is 31.5 Å². The quantitative estimate of drug-likeness (QED) is 0.747. The van der Waals surface area contributed by atoms with Gasteiger partial charge in [-0.3, -0.25) is 0 Å². The average Bonchev–Trinajstić information content (AvgIpc) is 2.29. The minimum atomic E-state index is -4.50. The van der Waals surface area contributed by atoms with E-state index in [4.69, 9.17) is 0 Å². The number of nitrogens with one attached hydrogen (secondary N) is 1. The van der Waals surface area contributed by atoms with Gasteiger partial charge in [0.2, 0.25) is 0 Å². The van der Waals surface area contributed by atoms with E-state index in [0.717, 1.165) is 18.9 Å². The van der Waals surface area contributed by atoms with Gasteiger partial charge >= 0.3 is 6.18 Å². The van der Waals surface area contributed by atoms with Crippen molar-refractivity contribution in [3.8, 4) is 0 Å². The molecule has 94 valence electrons. The van der Waals surface area contributed by atoms with Crippen molar-refractivity contribution in [1.29, 1.82) is 0 Å². The predicted molar refractivity (Wildman–Crippen MR) is 56.0 cm³/mol. The largest absolute Gasteiger partial charge is 0.416 e. The molecule has 17 heavy (non-hydrogen) atoms. The molecular formula is C12H13F4N. The Balaban J connectivity index is 2.38. The monoisotopic (exact) mass is 247 g/mol. The van der Waals surface area contributed by atoms with Crippen molar-refractivity contribution in [3.63, 3.8) is 0 Å². The van der Waals surface area contributed by atoms with Crippen molar-refractivity contribution in [3.05, 3.63) is 35.1 Å². The third-order valence-corrected chi connectivity index (χ3v) is 3.01. The van der Waals surface area contributed by atoms with Gasteiger partial charge < -0.3 is 5.32 Å². The van der Waals surface area contributed by atoms with Gasteiger partial charge in [-0.2, -0.15) is 13.2 Å². The highest BCUT2D eigenvalue weighted by Crippen LogP contribution is 2.37. The zero-order valence-electron chi connectivity index (χ0n) is 9.15. The summed E-state index contributed by atoms with van der Waals surface area (Å²) in [5.41, 5.74) is -0.712. The minimum absolute atomic E-state index is 0.151. The fraction of sp³-hybridized carbons (Fsp3) is 0.500. The highest BCUT2D eigenvalue weighted by Gasteiger charge is 2.35. The fourth-order valence-electron chi connectivity index (χ4n) is 2.20. The molecule has 0 radical (unpaired) electrons. The third kappa shape index (κ3) is 2.77. The summed E-state index contributed by atoms with van der Waals surface area (Å²) in [6.45, 7) is 0.708. The van der Waals surface area contributed by atoms with Crippen LogP contribution < -0.4 is 5.32 Å². The summed E-state index contributed by atoms with van der Waals surface area (Å²) in [6.07, 6.45) is -1.98. The van der Waals surface area contributed by atoms with Crippen LogP contribution in [0.4, 0.5) is 17.6 Å². The molecule has 1 aliphatic rings. The topological polar surface area (TPSA) is 12.0 Å². The van der Waals surface area contributed by atoms with Crippen LogP contribution in [0.3, 0.4) is 0 Å². The van der Waals surface area contributed by atoms with Gasteiger partial charge in [-0.25, -0.2) is 4.39 Å². The lowest BCUT2D eigenvalue weighted by Gasteiger charge is -2.26. The molecule has 1 heterocycles. The van der Waals surface area contributed by atoms with E-state index in [1.807, 2.05) is 0 Å². The Morgan fingerprint density at radius 3 is 2.53 bits per heavy atom. The Morgan fingerprint density at radius 1 is 1.18 bits per heavy atom. The van der Waals surface area contributed by atoms with Gasteiger partial charge in [-0.05, 0) is 37.1 Å². The first-order valence-electron chi connectivity index (χ1n) is 5.58. The second-order valence-corrected chi connectivity index (χ2v) is 4.23. The Kier molecular flexibility index (Phi) is 3.38. The summed E-state index contributed by atoms with van der Waals surface area (Å²) in [7, 11) is 0. The maximum absolute atomic E-state index is 12.9. The summed E-state index contributed by atoms with van der Waals surface area (Å²) in [6, 6.07) is 2.58. The highest BCUT2D eigenvalue weighted by atomic mass is 19.4. The zero-order valence-corrected chi connectivity index (χ0v) is 9.15. The number of halogens is 4. The van der Waals surface area contributed by atoms with Crippen LogP contribution >= 0.6 is 0 Å². The number of benzene rings is 1. The summed E-state index contributed by atoms with van der Waals surface area (Å²) in [5, 5.41) is 3.04. The van der Waals surface area contributed by atoms with Gasteiger partial charge in [0.05, 0.1) is 5.56 Å². The second kappa shape index (κ2) is 4.64. The van der Waals surface area contributed by atoms with Gasteiger partial charge in [-0.1, -0.05) is 12.5 Å². The molecule has 1 saturated heterocycles. The SMILES string of the molecule is Fc1ccc([C@@H]2CCCCN2)c(C(F)(F)F)c1. The summed E-state index contributed by atoms with van der Waals surface area (Å²) < 4.78 is 51.3. The molecule has 0 aliphatic carbocycles. The summed E-state index contributed by atoms with van der Waals surface area (Å²) in [4.78, 5) is 0. The highest BCUT2D eigenvalue weighted by molar-refractivity contribution is 5.33. The molecule has 1 atom stereocenters. The molecule has 0 aromatic heterocycles. The van der Waals surface area contributed by atoms with Crippen molar-refractivity contribution in [2.75, 3.05) is 6.54 Å². The van der Waals surface area contributed by atoms with E-state index in [1.165, 1.54) is 6.07 Å². The lowest BCUT2D eigenvalue weighted by atomic mass is 9.93. The molecule has 0 unspecified atom stereocenters. The van der Waals surface area contributed by atoms with E-state index in [9.17, 15) is 17.6 Å². The number of piperidine rings is 1. The molecule has 1 aromatic rings. The second-order valence-electron chi connectivity index (χ2n) is 4.23. The summed E-state index contributed by atoms with van der Waals surface area (Å²) >= 11 is 0. The fourth-order valence-corrected chi connectivity index (χ4v) is 2.20. The van der Waals surface area contributed by atoms with Gasteiger partial charge in [0.15, 0.2) is 0 Å². The normalized spacial score (nSPS) is 21.5. The van der Waals surface area contributed by atoms with Crippen molar-refractivity contribution in [2.24, 2.45) is 0 Å². The van der Waals surface area contributed by atoms with Gasteiger partial charge in [0.25, 0.3) is 0 Å². The molecule has 0 saturated carbocycles. The molecule has 2 rings (SSSR count). The molecule has 1 aliphatic heterocycles. The smallest absolute Gasteiger partial charge is 0.310 e. The van der Waals surface area contributed by atoms with Crippen LogP contribution in [0.15, 0.2) is 18.2 Å². The molecule has 5 heteroatoms. The van der Waals surface area contributed by atoms with Crippen LogP contribution in [0.25, 0.3) is 0 Å². The first-order valence-corrected chi connectivity index (χ1v) is 5.58. The molecule has 0 spiro atoms. The van der Waals surface area contributed by atoms with Gasteiger partial charge in [0.1, 0.15) is 5.82 Å². The zero-order chi connectivity index (χ0) is 12.5. The Labute approximate surface area is 96.8 Å². The van der Waals surface area contributed by atoms with Crippen LogP contribution in [0.2, 0.25) is 0 Å². The number of alkyl halides is 3. The Bertz CT molecular complexity index is 394. The average molecular weight is 247 g/mol. The van der Waals surface area contributed by atoms with Crippen LogP contribution in [-0.2, 0) is 6.18 Å². The van der Waals surface area contributed by atoms with E-state index >= 15 is 0 Å². The Morgan fingerprint density at radius 2 is 1.94 bits per heavy atom. The first-order chi connectivity index (χ1) is 7.98. The van der Waals surface area contributed by atoms with Crippen molar-refractivity contribution >= 4 is 0 Å². The molecule has 1 N–H and O–H groups in total. The van der Waals surface area contributed by atoms with Crippen molar-refractivity contribution < 1.29 is 17.6 Å². The van der Waals surface area contributed by atoms with Crippen LogP contribution in [0.1, 0.15) is 36.4 Å². The third-order valence-electron chi connectivity index (χ3n) is 3.01. The Hall–Kier alpha value is -1.10. The van der Waals surface area contributed by atoms with E-state index in [1.54, 1.807) is 0 Å². The van der Waals surface area contributed by atoms with Crippen LogP contribution in [0.5, 0.6) is 0 Å². The standard InChI is InChI=1S/C12H13F4N/c13-8-4-5-9(10(7-8)12(14,15)16)11-3-1-2-6-17-11/h4-5,7,11,17H,1-3,6H2/t11-/m0/s1. The van der Waals surface area contributed by atoms with E-state index in [2.05, 4.69) is 5.32 Å².